The van der Waals surface area contributed by atoms with Gasteiger partial charge in [-0.3, -0.25) is 9.59 Å². The standard InChI is InChI=1S/C21H29N3O3.ClH/c1-14-9-18-16(13-27-19(18)10-15(14)2)11-21(26)24-8-4-3-5-17(24)12-23-20(25)6-7-22;/h9-10,13,17H,3-8,11-12,22H2,1-2H3,(H,23,25);1H. The van der Waals surface area contributed by atoms with Gasteiger partial charge in [-0.1, -0.05) is 0 Å². The van der Waals surface area contributed by atoms with E-state index >= 15 is 0 Å². The smallest absolute Gasteiger partial charge is 0.227 e. The molecule has 1 atom stereocenters. The first-order valence-electron chi connectivity index (χ1n) is 9.73. The summed E-state index contributed by atoms with van der Waals surface area (Å²) >= 11 is 0. The Hall–Kier alpha value is -2.05. The number of aryl methyl sites for hydroxylation is 2. The highest BCUT2D eigenvalue weighted by Crippen LogP contribution is 2.26. The molecule has 2 heterocycles. The van der Waals surface area contributed by atoms with Crippen molar-refractivity contribution in [3.05, 3.63) is 35.1 Å². The number of carbonyl (C=O) groups excluding carboxylic acids is 2. The van der Waals surface area contributed by atoms with Crippen LogP contribution in [0.4, 0.5) is 0 Å². The molecular weight excluding hydrogens is 378 g/mol. The maximum atomic E-state index is 13.0. The largest absolute Gasteiger partial charge is 0.464 e. The van der Waals surface area contributed by atoms with Gasteiger partial charge in [0.05, 0.1) is 12.7 Å². The molecule has 1 saturated heterocycles. The predicted octanol–water partition coefficient (Wildman–Crippen LogP) is 2.86. The number of carbonyl (C=O) groups is 2. The molecule has 6 nitrogen and oxygen atoms in total. The Morgan fingerprint density at radius 2 is 2.00 bits per heavy atom. The molecule has 3 N–H and O–H groups in total. The van der Waals surface area contributed by atoms with Crippen molar-refractivity contribution in [1.82, 2.24) is 10.2 Å². The normalized spacial score (nSPS) is 16.7. The van der Waals surface area contributed by atoms with Crippen LogP contribution in [0.25, 0.3) is 11.0 Å². The third-order valence-corrected chi connectivity index (χ3v) is 5.47. The van der Waals surface area contributed by atoms with Gasteiger partial charge < -0.3 is 20.4 Å². The fourth-order valence-electron chi connectivity index (χ4n) is 3.73. The number of nitrogens with one attached hydrogen (secondary N) is 1. The predicted molar refractivity (Wildman–Crippen MR) is 113 cm³/mol. The summed E-state index contributed by atoms with van der Waals surface area (Å²) in [6, 6.07) is 4.17. The highest BCUT2D eigenvalue weighted by Gasteiger charge is 2.27. The van der Waals surface area contributed by atoms with E-state index in [2.05, 4.69) is 25.2 Å². The molecule has 0 aliphatic carbocycles. The number of hydrogen-bond acceptors (Lipinski definition) is 4. The number of hydrogen-bond donors (Lipinski definition) is 2. The van der Waals surface area contributed by atoms with Crippen LogP contribution in [0, 0.1) is 13.8 Å². The zero-order chi connectivity index (χ0) is 19.4. The lowest BCUT2D eigenvalue weighted by molar-refractivity contribution is -0.134. The zero-order valence-corrected chi connectivity index (χ0v) is 17.4. The summed E-state index contributed by atoms with van der Waals surface area (Å²) in [7, 11) is 0. The van der Waals surface area contributed by atoms with Crippen molar-refractivity contribution in [2.75, 3.05) is 19.6 Å². The summed E-state index contributed by atoms with van der Waals surface area (Å²) in [5.41, 5.74) is 9.54. The highest BCUT2D eigenvalue weighted by atomic mass is 35.5. The summed E-state index contributed by atoms with van der Waals surface area (Å²) in [4.78, 5) is 26.6. The minimum atomic E-state index is -0.0536. The van der Waals surface area contributed by atoms with E-state index in [-0.39, 0.29) is 30.3 Å². The SMILES string of the molecule is Cc1cc2occ(CC(=O)N3CCCCC3CNC(=O)CCN)c2cc1C.Cl. The van der Waals surface area contributed by atoms with Crippen LogP contribution < -0.4 is 11.1 Å². The van der Waals surface area contributed by atoms with Gasteiger partial charge in [0, 0.05) is 43.0 Å². The van der Waals surface area contributed by atoms with Gasteiger partial charge in [-0.05, 0) is 56.4 Å². The van der Waals surface area contributed by atoms with Crippen LogP contribution in [0.3, 0.4) is 0 Å². The number of rotatable bonds is 6. The van der Waals surface area contributed by atoms with Crippen LogP contribution in [-0.2, 0) is 16.0 Å². The van der Waals surface area contributed by atoms with Crippen molar-refractivity contribution in [3.63, 3.8) is 0 Å². The van der Waals surface area contributed by atoms with E-state index in [4.69, 9.17) is 10.2 Å². The monoisotopic (exact) mass is 407 g/mol. The average molecular weight is 408 g/mol. The van der Waals surface area contributed by atoms with Crippen LogP contribution in [0.5, 0.6) is 0 Å². The number of nitrogens with two attached hydrogens (primary N) is 1. The van der Waals surface area contributed by atoms with Crippen molar-refractivity contribution in [1.29, 1.82) is 0 Å². The van der Waals surface area contributed by atoms with Gasteiger partial charge in [0.1, 0.15) is 5.58 Å². The molecule has 1 aliphatic heterocycles. The number of benzene rings is 1. The van der Waals surface area contributed by atoms with Gasteiger partial charge in [0.25, 0.3) is 0 Å². The molecule has 7 heteroatoms. The topological polar surface area (TPSA) is 88.6 Å². The van der Waals surface area contributed by atoms with E-state index in [1.54, 1.807) is 6.26 Å². The number of piperidine rings is 1. The maximum Gasteiger partial charge on any atom is 0.227 e. The number of furan rings is 1. The van der Waals surface area contributed by atoms with Gasteiger partial charge in [0.15, 0.2) is 0 Å². The minimum absolute atomic E-state index is 0. The number of fused-ring (bicyclic) bond motifs is 1. The van der Waals surface area contributed by atoms with Crippen molar-refractivity contribution in [2.45, 2.75) is 52.0 Å². The fourth-order valence-corrected chi connectivity index (χ4v) is 3.73. The highest BCUT2D eigenvalue weighted by molar-refractivity contribution is 5.88. The quantitative estimate of drug-likeness (QED) is 0.770. The molecule has 2 aromatic rings. The second kappa shape index (κ2) is 9.94. The second-order valence-electron chi connectivity index (χ2n) is 7.45. The van der Waals surface area contributed by atoms with Crippen molar-refractivity contribution in [2.24, 2.45) is 5.73 Å². The number of nitrogens with zero attached hydrogens (tertiary/aromatic N) is 1. The molecule has 1 aromatic carbocycles. The van der Waals surface area contributed by atoms with Crippen molar-refractivity contribution >= 4 is 35.2 Å². The zero-order valence-electron chi connectivity index (χ0n) is 16.6. The second-order valence-corrected chi connectivity index (χ2v) is 7.45. The van der Waals surface area contributed by atoms with Gasteiger partial charge in [-0.25, -0.2) is 0 Å². The third kappa shape index (κ3) is 5.06. The molecule has 0 radical (unpaired) electrons. The van der Waals surface area contributed by atoms with Gasteiger partial charge in [-0.15, -0.1) is 12.4 Å². The maximum absolute atomic E-state index is 13.0. The molecule has 1 unspecified atom stereocenters. The summed E-state index contributed by atoms with van der Waals surface area (Å²) in [6.07, 6.45) is 5.34. The van der Waals surface area contributed by atoms with E-state index in [0.29, 0.717) is 25.9 Å². The third-order valence-electron chi connectivity index (χ3n) is 5.47. The van der Waals surface area contributed by atoms with E-state index < -0.39 is 0 Å². The Bertz CT molecular complexity index is 834. The first-order chi connectivity index (χ1) is 13.0. The number of amides is 2. The van der Waals surface area contributed by atoms with Crippen LogP contribution in [0.2, 0.25) is 0 Å². The molecule has 1 aromatic heterocycles. The Balaban J connectivity index is 0.00000280. The molecular formula is C21H30ClN3O3. The fraction of sp³-hybridized carbons (Fsp3) is 0.524. The lowest BCUT2D eigenvalue weighted by Crippen LogP contribution is -2.50. The average Bonchev–Trinajstić information content (AvgIpc) is 3.02. The van der Waals surface area contributed by atoms with Crippen molar-refractivity contribution < 1.29 is 14.0 Å². The summed E-state index contributed by atoms with van der Waals surface area (Å²) in [6.45, 7) is 5.70. The Morgan fingerprint density at radius 1 is 1.25 bits per heavy atom. The Labute approximate surface area is 172 Å². The minimum Gasteiger partial charge on any atom is -0.464 e. The summed E-state index contributed by atoms with van der Waals surface area (Å²) < 4.78 is 5.67. The van der Waals surface area contributed by atoms with Gasteiger partial charge in [0.2, 0.25) is 11.8 Å². The van der Waals surface area contributed by atoms with E-state index in [1.807, 2.05) is 11.0 Å². The van der Waals surface area contributed by atoms with Crippen LogP contribution in [0.15, 0.2) is 22.8 Å². The Morgan fingerprint density at radius 3 is 2.75 bits per heavy atom. The van der Waals surface area contributed by atoms with Gasteiger partial charge >= 0.3 is 0 Å². The number of halogens is 1. The molecule has 0 spiro atoms. The summed E-state index contributed by atoms with van der Waals surface area (Å²) in [5.74, 6) is 0.0378. The summed E-state index contributed by atoms with van der Waals surface area (Å²) in [5, 5.41) is 3.92. The molecule has 3 rings (SSSR count). The van der Waals surface area contributed by atoms with E-state index in [1.165, 1.54) is 11.1 Å². The van der Waals surface area contributed by atoms with Gasteiger partial charge in [-0.2, -0.15) is 0 Å². The molecule has 1 aliphatic rings. The van der Waals surface area contributed by atoms with Crippen LogP contribution in [-0.4, -0.2) is 42.4 Å². The number of likely N-dealkylation sites (tertiary alicyclic amines) is 1. The molecule has 2 amide bonds. The lowest BCUT2D eigenvalue weighted by Gasteiger charge is -2.36. The molecule has 0 saturated carbocycles. The lowest BCUT2D eigenvalue weighted by atomic mass is 9.99. The van der Waals surface area contributed by atoms with Crippen molar-refractivity contribution in [3.8, 4) is 0 Å². The molecule has 0 bridgehead atoms. The first-order valence-corrected chi connectivity index (χ1v) is 9.73. The molecule has 1 fully saturated rings. The molecule has 154 valence electrons. The molecule has 28 heavy (non-hydrogen) atoms. The first kappa shape index (κ1) is 22.2. The Kier molecular flexibility index (Phi) is 7.89. The van der Waals surface area contributed by atoms with E-state index in [9.17, 15) is 9.59 Å². The van der Waals surface area contributed by atoms with Crippen LogP contribution in [0.1, 0.15) is 42.4 Å². The van der Waals surface area contributed by atoms with Crippen LogP contribution >= 0.6 is 12.4 Å². The van der Waals surface area contributed by atoms with E-state index in [0.717, 1.165) is 42.3 Å².